The number of nitrogens with zero attached hydrogens (tertiary/aromatic N) is 4. The molecule has 69 heavy (non-hydrogen) atoms. The molecule has 0 amide bonds. The van der Waals surface area contributed by atoms with Gasteiger partial charge in [0.25, 0.3) is 0 Å². The summed E-state index contributed by atoms with van der Waals surface area (Å²) in [7, 11) is -1.90. The lowest BCUT2D eigenvalue weighted by Gasteiger charge is -2.30. The van der Waals surface area contributed by atoms with E-state index in [-0.39, 0.29) is 5.92 Å². The molecule has 7 nitrogen and oxygen atoms in total. The minimum Gasteiger partial charge on any atom is -0.493 e. The lowest BCUT2D eigenvalue weighted by Crippen LogP contribution is -2.33. The summed E-state index contributed by atoms with van der Waals surface area (Å²) < 4.78 is 19.8. The van der Waals surface area contributed by atoms with E-state index in [9.17, 15) is 0 Å². The Morgan fingerprint density at radius 3 is 1.55 bits per heavy atom. The van der Waals surface area contributed by atoms with Gasteiger partial charge in [-0.1, -0.05) is 109 Å². The monoisotopic (exact) mass is 923 g/mol. The van der Waals surface area contributed by atoms with Crippen LogP contribution in [-0.4, -0.2) is 32.6 Å². The Morgan fingerprint density at radius 1 is 0.478 bits per heavy atom. The number of ether oxygens (including phenoxy) is 3. The summed E-state index contributed by atoms with van der Waals surface area (Å²) in [4.78, 5) is 16.5. The lowest BCUT2D eigenvalue weighted by molar-refractivity contribution is 0.237. The van der Waals surface area contributed by atoms with Crippen LogP contribution >= 0.6 is 7.26 Å². The number of unbranched alkanes of at least 4 members (excludes halogenated alkanes) is 1. The van der Waals surface area contributed by atoms with Crippen LogP contribution in [0, 0.1) is 6.92 Å². The van der Waals surface area contributed by atoms with E-state index in [2.05, 4.69) is 186 Å². The molecule has 1 atom stereocenters. The van der Waals surface area contributed by atoms with Crippen LogP contribution in [0.2, 0.25) is 0 Å². The number of aryl methyl sites for hydroxylation is 1. The highest BCUT2D eigenvalue weighted by atomic mass is 31.2. The van der Waals surface area contributed by atoms with Gasteiger partial charge in [0.05, 0.1) is 35.5 Å². The quantitative estimate of drug-likeness (QED) is 0.0591. The highest BCUT2D eigenvalue weighted by Gasteiger charge is 2.44. The van der Waals surface area contributed by atoms with Gasteiger partial charge in [-0.25, -0.2) is 0 Å². The molecule has 8 heteroatoms. The van der Waals surface area contributed by atoms with Crippen molar-refractivity contribution in [1.29, 1.82) is 0 Å². The van der Waals surface area contributed by atoms with Gasteiger partial charge >= 0.3 is 0 Å². The Kier molecular flexibility index (Phi) is 14.2. The molecule has 0 saturated carbocycles. The van der Waals surface area contributed by atoms with Crippen LogP contribution in [0.4, 0.5) is 0 Å². The minimum absolute atomic E-state index is 0.0161. The number of hydrogen-bond acceptors (Lipinski definition) is 7. The second-order valence-electron chi connectivity index (χ2n) is 17.6. The number of benzene rings is 6. The summed E-state index contributed by atoms with van der Waals surface area (Å²) in [6.07, 6.45) is 6.68. The smallest absolute Gasteiger partial charge is 0.135 e. The molecule has 0 radical (unpaired) electrons. The van der Waals surface area contributed by atoms with Gasteiger partial charge in [0.15, 0.2) is 0 Å². The van der Waals surface area contributed by atoms with Crippen molar-refractivity contribution in [2.75, 3.05) is 12.8 Å². The van der Waals surface area contributed by atoms with Crippen LogP contribution in [0.5, 0.6) is 23.0 Å². The van der Waals surface area contributed by atoms with Gasteiger partial charge in [0.2, 0.25) is 0 Å². The molecule has 1 unspecified atom stereocenters. The molecule has 0 saturated heterocycles. The topological polar surface area (TPSA) is 69.6 Å². The number of hydrogen-bond donors (Lipinski definition) is 0. The minimum atomic E-state index is -1.90. The van der Waals surface area contributed by atoms with E-state index in [1.807, 2.05) is 54.9 Å². The maximum atomic E-state index is 6.80. The summed E-state index contributed by atoms with van der Waals surface area (Å²) in [5.41, 5.74) is 8.48. The third kappa shape index (κ3) is 10.7. The Balaban J connectivity index is 0.839. The predicted molar refractivity (Wildman–Crippen MR) is 280 cm³/mol. The van der Waals surface area contributed by atoms with Gasteiger partial charge in [-0.05, 0) is 116 Å². The highest BCUT2D eigenvalue weighted by Crippen LogP contribution is 2.56. The van der Waals surface area contributed by atoms with E-state index in [0.717, 1.165) is 70.2 Å². The maximum Gasteiger partial charge on any atom is 0.135 e. The van der Waals surface area contributed by atoms with Gasteiger partial charge in [0.1, 0.15) is 52.8 Å². The second-order valence-corrected chi connectivity index (χ2v) is 21.2. The van der Waals surface area contributed by atoms with Gasteiger partial charge < -0.3 is 14.2 Å². The SMILES string of the molecule is Cc1ccccc1C1c2ccc(OCCCC[P+](c3ccccc3)(c3ccccc3)c3ccccc3)cc2Oc2cc(OCc3cccc(CN(Cc4ccccn4)Cc4ccccn4)n3)ccc21. The largest absolute Gasteiger partial charge is 0.493 e. The molecule has 0 aliphatic carbocycles. The standard InChI is InChI=1S/C61H56N4O3P/c1-46-20-11-12-31-56(46)61-57-34-32-51(66-38-17-18-39-69(53-25-5-2-6-26-53,54-27-7-3-8-28-54)55-29-9-4-10-30-55)40-59(57)68-60-41-52(33-35-58(60)61)67-45-50-24-19-23-49(64-50)44-65(42-47-21-13-15-36-62-47)43-48-22-14-16-37-63-48/h2-16,19-37,40-41,61H,17-18,38-39,42-45H2,1H3/q+1. The molecular weight excluding hydrogens is 868 g/mol. The van der Waals surface area contributed by atoms with E-state index in [4.69, 9.17) is 19.2 Å². The summed E-state index contributed by atoms with van der Waals surface area (Å²) in [6.45, 7) is 5.09. The zero-order valence-electron chi connectivity index (χ0n) is 39.0. The van der Waals surface area contributed by atoms with Crippen LogP contribution in [0.15, 0.2) is 219 Å². The van der Waals surface area contributed by atoms with Gasteiger partial charge in [-0.2, -0.15) is 0 Å². The molecule has 4 heterocycles. The Labute approximate surface area is 406 Å². The first-order chi connectivity index (χ1) is 34.1. The highest BCUT2D eigenvalue weighted by molar-refractivity contribution is 7.95. The molecule has 1 aliphatic heterocycles. The molecule has 10 rings (SSSR count). The summed E-state index contributed by atoms with van der Waals surface area (Å²) in [6, 6.07) is 72.7. The third-order valence-electron chi connectivity index (χ3n) is 12.9. The Bertz CT molecular complexity index is 2930. The fourth-order valence-electron chi connectivity index (χ4n) is 9.61. The van der Waals surface area contributed by atoms with Gasteiger partial charge in [-0.3, -0.25) is 19.9 Å². The molecule has 0 spiro atoms. The molecule has 6 aromatic carbocycles. The van der Waals surface area contributed by atoms with Crippen LogP contribution in [-0.2, 0) is 26.2 Å². The van der Waals surface area contributed by atoms with Crippen LogP contribution in [0.25, 0.3) is 0 Å². The fraction of sp³-hybridized carbons (Fsp3) is 0.164. The zero-order valence-corrected chi connectivity index (χ0v) is 39.9. The molecule has 0 N–H and O–H groups in total. The molecule has 3 aromatic heterocycles. The van der Waals surface area contributed by atoms with E-state index in [1.165, 1.54) is 27.0 Å². The van der Waals surface area contributed by atoms with Crippen molar-refractivity contribution in [2.24, 2.45) is 0 Å². The molecular formula is C61H56N4O3P+. The lowest BCUT2D eigenvalue weighted by atomic mass is 9.81. The summed E-state index contributed by atoms with van der Waals surface area (Å²) >= 11 is 0. The zero-order chi connectivity index (χ0) is 46.7. The van der Waals surface area contributed by atoms with Crippen LogP contribution in [0.1, 0.15) is 63.8 Å². The Hall–Kier alpha value is -7.44. The molecule has 0 fully saturated rings. The molecule has 1 aliphatic rings. The van der Waals surface area contributed by atoms with Crippen molar-refractivity contribution >= 4 is 23.2 Å². The van der Waals surface area contributed by atoms with Gasteiger partial charge in [-0.15, -0.1) is 0 Å². The van der Waals surface area contributed by atoms with Crippen molar-refractivity contribution in [3.05, 3.63) is 264 Å². The summed E-state index contributed by atoms with van der Waals surface area (Å²) in [5.74, 6) is 3.07. The molecule has 9 aromatic rings. The van der Waals surface area contributed by atoms with E-state index in [1.54, 1.807) is 0 Å². The second kappa shape index (κ2) is 21.7. The molecule has 342 valence electrons. The first-order valence-electron chi connectivity index (χ1n) is 23.9. The summed E-state index contributed by atoms with van der Waals surface area (Å²) in [5, 5.41) is 4.22. The number of pyridine rings is 3. The van der Waals surface area contributed by atoms with Crippen molar-refractivity contribution in [3.63, 3.8) is 0 Å². The van der Waals surface area contributed by atoms with Crippen molar-refractivity contribution in [3.8, 4) is 23.0 Å². The van der Waals surface area contributed by atoms with Crippen LogP contribution in [0.3, 0.4) is 0 Å². The van der Waals surface area contributed by atoms with E-state index < -0.39 is 7.26 Å². The maximum absolute atomic E-state index is 6.80. The van der Waals surface area contributed by atoms with Crippen molar-refractivity contribution in [1.82, 2.24) is 19.9 Å². The number of rotatable bonds is 19. The first-order valence-corrected chi connectivity index (χ1v) is 25.9. The average molecular weight is 924 g/mol. The average Bonchev–Trinajstić information content (AvgIpc) is 3.40. The number of fused-ring (bicyclic) bond motifs is 2. The molecule has 0 bridgehead atoms. The van der Waals surface area contributed by atoms with Crippen molar-refractivity contribution in [2.45, 2.75) is 51.9 Å². The van der Waals surface area contributed by atoms with Crippen LogP contribution < -0.4 is 30.1 Å². The third-order valence-corrected chi connectivity index (χ3v) is 17.4. The van der Waals surface area contributed by atoms with E-state index in [0.29, 0.717) is 38.6 Å². The normalized spacial score (nSPS) is 13.0. The number of aromatic nitrogens is 3. The van der Waals surface area contributed by atoms with E-state index >= 15 is 0 Å². The first kappa shape index (κ1) is 45.3. The van der Waals surface area contributed by atoms with Crippen molar-refractivity contribution < 1.29 is 14.2 Å². The predicted octanol–water partition coefficient (Wildman–Crippen LogP) is 12.4. The fourth-order valence-corrected chi connectivity index (χ4v) is 14.0. The Morgan fingerprint density at radius 2 is 0.986 bits per heavy atom. The van der Waals surface area contributed by atoms with Gasteiger partial charge in [0, 0.05) is 61.2 Å².